The van der Waals surface area contributed by atoms with Crippen LogP contribution in [0.15, 0.2) is 55.0 Å². The van der Waals surface area contributed by atoms with E-state index in [1.54, 1.807) is 23.6 Å². The molecule has 0 radical (unpaired) electrons. The summed E-state index contributed by atoms with van der Waals surface area (Å²) in [4.78, 5) is 17.2. The van der Waals surface area contributed by atoms with Crippen LogP contribution < -0.4 is 10.6 Å². The molecule has 0 bridgehead atoms. The second-order valence-electron chi connectivity index (χ2n) is 7.41. The predicted molar refractivity (Wildman–Crippen MR) is 120 cm³/mol. The second kappa shape index (κ2) is 9.36. The number of nitrogens with zero attached hydrogens (tertiary/aromatic N) is 5. The molecule has 2 aromatic heterocycles. The van der Waals surface area contributed by atoms with Gasteiger partial charge in [0.2, 0.25) is 16.0 Å². The fourth-order valence-electron chi connectivity index (χ4n) is 3.65. The monoisotopic (exact) mass is 439 g/mol. The minimum Gasteiger partial charge on any atom is -0.373 e. The van der Waals surface area contributed by atoms with Crippen molar-refractivity contribution in [3.05, 3.63) is 66.2 Å². The van der Waals surface area contributed by atoms with Gasteiger partial charge in [0, 0.05) is 38.3 Å². The highest BCUT2D eigenvalue weighted by molar-refractivity contribution is 7.88. The highest BCUT2D eigenvalue weighted by Gasteiger charge is 2.30. The van der Waals surface area contributed by atoms with Crippen molar-refractivity contribution in [3.8, 4) is 0 Å². The summed E-state index contributed by atoms with van der Waals surface area (Å²) in [6.07, 6.45) is 4.81. The van der Waals surface area contributed by atoms with Gasteiger partial charge in [-0.05, 0) is 24.5 Å². The molecular weight excluding hydrogens is 414 g/mol. The Bertz CT molecular complexity index is 1130. The largest absolute Gasteiger partial charge is 0.373 e. The smallest absolute Gasteiger partial charge is 0.228 e. The number of anilines is 3. The van der Waals surface area contributed by atoms with Crippen molar-refractivity contribution in [1.82, 2.24) is 24.2 Å². The van der Waals surface area contributed by atoms with E-state index in [0.717, 1.165) is 24.1 Å². The first-order valence-electron chi connectivity index (χ1n) is 10.1. The molecule has 4 rings (SSSR count). The van der Waals surface area contributed by atoms with Gasteiger partial charge >= 0.3 is 0 Å². The molecule has 1 aromatic carbocycles. The molecule has 1 aliphatic heterocycles. The van der Waals surface area contributed by atoms with Crippen molar-refractivity contribution in [3.63, 3.8) is 0 Å². The highest BCUT2D eigenvalue weighted by Crippen LogP contribution is 2.28. The standard InChI is InChI=1S/C21H25N7O2S/c1-22-19-12-20(25-15-24-19)27-21-23-10-9-18(26-21)17-8-5-11-28(13-17)31(29,30)14-16-6-3-2-4-7-16/h2-4,6-7,9-10,12,15,17H,5,8,11,13-14H2,1H3,(H2,22,23,24,25,26,27). The van der Waals surface area contributed by atoms with Crippen LogP contribution in [0.2, 0.25) is 0 Å². The van der Waals surface area contributed by atoms with Gasteiger partial charge in [-0.25, -0.2) is 32.7 Å². The zero-order valence-corrected chi connectivity index (χ0v) is 18.1. The number of sulfonamides is 1. The maximum Gasteiger partial charge on any atom is 0.228 e. The second-order valence-corrected chi connectivity index (χ2v) is 9.38. The van der Waals surface area contributed by atoms with Crippen molar-refractivity contribution >= 4 is 27.6 Å². The summed E-state index contributed by atoms with van der Waals surface area (Å²) in [6.45, 7) is 0.957. The quantitative estimate of drug-likeness (QED) is 0.578. The predicted octanol–water partition coefficient (Wildman–Crippen LogP) is 2.76. The number of aromatic nitrogens is 4. The van der Waals surface area contributed by atoms with Gasteiger partial charge in [-0.3, -0.25) is 0 Å². The maximum atomic E-state index is 13.0. The molecule has 9 nitrogen and oxygen atoms in total. The number of nitrogens with one attached hydrogen (secondary N) is 2. The minimum atomic E-state index is -3.39. The van der Waals surface area contributed by atoms with Gasteiger partial charge < -0.3 is 10.6 Å². The lowest BCUT2D eigenvalue weighted by Crippen LogP contribution is -2.39. The SMILES string of the molecule is CNc1cc(Nc2nccc(C3CCCN(S(=O)(=O)Cc4ccccc4)C3)n2)ncn1. The molecule has 0 spiro atoms. The molecule has 0 saturated carbocycles. The zero-order valence-electron chi connectivity index (χ0n) is 17.3. The summed E-state index contributed by atoms with van der Waals surface area (Å²) in [5.74, 6) is 1.70. The normalized spacial score (nSPS) is 17.3. The van der Waals surface area contributed by atoms with E-state index in [-0.39, 0.29) is 11.7 Å². The first-order chi connectivity index (χ1) is 15.0. The molecule has 10 heteroatoms. The zero-order chi connectivity index (χ0) is 21.7. The Balaban J connectivity index is 1.47. The summed E-state index contributed by atoms with van der Waals surface area (Å²) in [5, 5.41) is 6.05. The Hall–Kier alpha value is -3.11. The number of rotatable bonds is 7. The minimum absolute atomic E-state index is 0.0125. The van der Waals surface area contributed by atoms with E-state index < -0.39 is 10.0 Å². The van der Waals surface area contributed by atoms with Crippen LogP contribution >= 0.6 is 0 Å². The summed E-state index contributed by atoms with van der Waals surface area (Å²) in [6, 6.07) is 12.9. The van der Waals surface area contributed by atoms with Crippen LogP contribution in [0.3, 0.4) is 0 Å². The molecule has 0 amide bonds. The molecule has 3 heterocycles. The lowest BCUT2D eigenvalue weighted by molar-refractivity contribution is 0.312. The van der Waals surface area contributed by atoms with E-state index in [1.165, 1.54) is 6.33 Å². The van der Waals surface area contributed by atoms with Crippen molar-refractivity contribution in [2.24, 2.45) is 0 Å². The molecule has 3 aromatic rings. The van der Waals surface area contributed by atoms with Gasteiger partial charge in [-0.1, -0.05) is 30.3 Å². The summed E-state index contributed by atoms with van der Waals surface area (Å²) in [5.41, 5.74) is 1.61. The fraction of sp³-hybridized carbons (Fsp3) is 0.333. The third-order valence-corrected chi connectivity index (χ3v) is 7.04. The lowest BCUT2D eigenvalue weighted by Gasteiger charge is -2.31. The van der Waals surface area contributed by atoms with Crippen LogP contribution in [-0.4, -0.2) is 52.8 Å². The number of hydrogen-bond donors (Lipinski definition) is 2. The topological polar surface area (TPSA) is 113 Å². The van der Waals surface area contributed by atoms with Crippen molar-refractivity contribution < 1.29 is 8.42 Å². The van der Waals surface area contributed by atoms with E-state index in [4.69, 9.17) is 0 Å². The number of piperidine rings is 1. The van der Waals surface area contributed by atoms with Crippen LogP contribution in [0.25, 0.3) is 0 Å². The van der Waals surface area contributed by atoms with Gasteiger partial charge in [0.25, 0.3) is 0 Å². The Morgan fingerprint density at radius 2 is 1.90 bits per heavy atom. The van der Waals surface area contributed by atoms with E-state index in [0.29, 0.717) is 30.7 Å². The van der Waals surface area contributed by atoms with Crippen LogP contribution in [0, 0.1) is 0 Å². The first-order valence-corrected chi connectivity index (χ1v) is 11.8. The summed E-state index contributed by atoms with van der Waals surface area (Å²) in [7, 11) is -1.61. The lowest BCUT2D eigenvalue weighted by atomic mass is 9.96. The van der Waals surface area contributed by atoms with Crippen molar-refractivity contribution in [1.29, 1.82) is 0 Å². The van der Waals surface area contributed by atoms with Crippen molar-refractivity contribution in [2.45, 2.75) is 24.5 Å². The molecule has 1 unspecified atom stereocenters. The van der Waals surface area contributed by atoms with E-state index >= 15 is 0 Å². The van der Waals surface area contributed by atoms with Crippen LogP contribution in [0.4, 0.5) is 17.6 Å². The van der Waals surface area contributed by atoms with Gasteiger partial charge in [-0.2, -0.15) is 0 Å². The molecule has 2 N–H and O–H groups in total. The molecule has 1 aliphatic rings. The fourth-order valence-corrected chi connectivity index (χ4v) is 5.26. The van der Waals surface area contributed by atoms with Gasteiger partial charge in [0.05, 0.1) is 11.4 Å². The van der Waals surface area contributed by atoms with E-state index in [9.17, 15) is 8.42 Å². The maximum absolute atomic E-state index is 13.0. The third-order valence-electron chi connectivity index (χ3n) is 5.23. The molecule has 0 aliphatic carbocycles. The van der Waals surface area contributed by atoms with Gasteiger partial charge in [-0.15, -0.1) is 0 Å². The van der Waals surface area contributed by atoms with E-state index in [2.05, 4.69) is 30.6 Å². The molecule has 1 fully saturated rings. The molecule has 162 valence electrons. The Kier molecular flexibility index (Phi) is 6.38. The van der Waals surface area contributed by atoms with Gasteiger partial charge in [0.15, 0.2) is 0 Å². The van der Waals surface area contributed by atoms with Crippen LogP contribution in [0.5, 0.6) is 0 Å². The first kappa shape index (κ1) is 21.1. The Labute approximate surface area is 182 Å². The van der Waals surface area contributed by atoms with Crippen molar-refractivity contribution in [2.75, 3.05) is 30.8 Å². The van der Waals surface area contributed by atoms with Crippen LogP contribution in [-0.2, 0) is 15.8 Å². The Morgan fingerprint density at radius 3 is 2.71 bits per heavy atom. The van der Waals surface area contributed by atoms with E-state index in [1.807, 2.05) is 36.4 Å². The number of hydrogen-bond acceptors (Lipinski definition) is 8. The Morgan fingerprint density at radius 1 is 1.10 bits per heavy atom. The van der Waals surface area contributed by atoms with Crippen LogP contribution in [0.1, 0.15) is 30.0 Å². The summed E-state index contributed by atoms with van der Waals surface area (Å²) < 4.78 is 27.5. The average Bonchev–Trinajstić information content (AvgIpc) is 2.80. The summed E-state index contributed by atoms with van der Waals surface area (Å²) >= 11 is 0. The molecule has 1 saturated heterocycles. The van der Waals surface area contributed by atoms with Gasteiger partial charge in [0.1, 0.15) is 18.0 Å². The molecular formula is C21H25N7O2S. The number of benzene rings is 1. The highest BCUT2D eigenvalue weighted by atomic mass is 32.2. The average molecular weight is 440 g/mol. The molecule has 1 atom stereocenters. The third kappa shape index (κ3) is 5.33. The molecule has 31 heavy (non-hydrogen) atoms.